The van der Waals surface area contributed by atoms with Gasteiger partial charge >= 0.3 is 6.01 Å². The molecule has 216 valence electrons. The van der Waals surface area contributed by atoms with Crippen LogP contribution in [0.2, 0.25) is 0 Å². The van der Waals surface area contributed by atoms with Gasteiger partial charge in [0.1, 0.15) is 5.70 Å². The van der Waals surface area contributed by atoms with Crippen LogP contribution in [0.4, 0.5) is 11.7 Å². The van der Waals surface area contributed by atoms with Gasteiger partial charge in [0.15, 0.2) is 0 Å². The Bertz CT molecular complexity index is 1550. The van der Waals surface area contributed by atoms with Gasteiger partial charge < -0.3 is 34.9 Å². The van der Waals surface area contributed by atoms with Crippen LogP contribution in [0.1, 0.15) is 36.8 Å². The van der Waals surface area contributed by atoms with E-state index in [1.54, 1.807) is 0 Å². The first-order valence-electron chi connectivity index (χ1n) is 14.6. The average molecular weight is 567 g/mol. The highest BCUT2D eigenvalue weighted by molar-refractivity contribution is 6.19. The summed E-state index contributed by atoms with van der Waals surface area (Å²) < 4.78 is 11.8. The summed E-state index contributed by atoms with van der Waals surface area (Å²) >= 11 is 0. The second-order valence-corrected chi connectivity index (χ2v) is 10.8. The number of carbonyl (C=O) groups is 1. The minimum Gasteiger partial charge on any atom is -0.402 e. The Morgan fingerprint density at radius 1 is 0.929 bits per heavy atom. The Balaban J connectivity index is 1.21. The van der Waals surface area contributed by atoms with Crippen LogP contribution >= 0.6 is 0 Å². The average Bonchev–Trinajstić information content (AvgIpc) is 3.71. The van der Waals surface area contributed by atoms with Crippen LogP contribution in [-0.4, -0.2) is 83.2 Å². The van der Waals surface area contributed by atoms with Crippen molar-refractivity contribution >= 4 is 29.0 Å². The number of benzodiazepines with no additional fused rings is 1. The number of ether oxygens (including phenoxy) is 1. The first-order chi connectivity index (χ1) is 20.6. The molecule has 4 aliphatic rings. The highest BCUT2D eigenvalue weighted by Crippen LogP contribution is 2.31. The van der Waals surface area contributed by atoms with E-state index < -0.39 is 6.17 Å². The van der Waals surface area contributed by atoms with E-state index in [4.69, 9.17) is 14.1 Å². The largest absolute Gasteiger partial charge is 0.402 e. The first kappa shape index (κ1) is 26.3. The first-order valence-corrected chi connectivity index (χ1v) is 14.6. The molecule has 0 saturated carbocycles. The fourth-order valence-electron chi connectivity index (χ4n) is 5.95. The minimum atomic E-state index is -0.978. The summed E-state index contributed by atoms with van der Waals surface area (Å²) in [4.78, 5) is 22.9. The molecule has 11 nitrogen and oxygen atoms in total. The lowest BCUT2D eigenvalue weighted by Crippen LogP contribution is -2.43. The monoisotopic (exact) mass is 566 g/mol. The van der Waals surface area contributed by atoms with Crippen LogP contribution in [0.25, 0.3) is 5.70 Å². The Morgan fingerprint density at radius 3 is 2.50 bits per heavy atom. The number of fused-ring (bicyclic) bond motifs is 1. The molecule has 0 aliphatic carbocycles. The van der Waals surface area contributed by atoms with Crippen LogP contribution in [0, 0.1) is 0 Å². The maximum atomic E-state index is 13.3. The number of nitrogens with zero attached hydrogens (tertiary/aromatic N) is 5. The summed E-state index contributed by atoms with van der Waals surface area (Å²) in [6.45, 7) is 7.17. The van der Waals surface area contributed by atoms with Crippen molar-refractivity contribution in [2.24, 2.45) is 4.99 Å². The molecule has 2 aromatic carbocycles. The zero-order valence-corrected chi connectivity index (χ0v) is 23.5. The number of carbonyl (C=O) groups excluding carboxylic acids is 1. The standard InChI is InChI=1S/C31H34N8O3/c1-20-24(38-13-7-8-14-38)19-25(39-15-17-41-18-16-39)27(32-20)30-36-37-31(42-30)35-28-29(40)33-23-12-6-5-11-22(23)26(34-28)21-9-3-2-4-10-21/h2-6,9-12,19-20,28,32H,7-8,13-18H2,1H3,(H,33,40)(H,35,37)/t20?,28-/m1/s1. The van der Waals surface area contributed by atoms with Crippen LogP contribution in [0.5, 0.6) is 0 Å². The van der Waals surface area contributed by atoms with E-state index in [2.05, 4.69) is 48.9 Å². The van der Waals surface area contributed by atoms with Gasteiger partial charge in [0, 0.05) is 43.0 Å². The van der Waals surface area contributed by atoms with Crippen molar-refractivity contribution in [1.29, 1.82) is 0 Å². The van der Waals surface area contributed by atoms with Crippen molar-refractivity contribution in [2.75, 3.05) is 50.0 Å². The van der Waals surface area contributed by atoms with E-state index >= 15 is 0 Å². The van der Waals surface area contributed by atoms with E-state index in [0.717, 1.165) is 48.7 Å². The summed E-state index contributed by atoms with van der Waals surface area (Å²) in [5.74, 6) is 0.0381. The van der Waals surface area contributed by atoms with E-state index in [1.165, 1.54) is 18.5 Å². The zero-order valence-electron chi connectivity index (χ0n) is 23.5. The fraction of sp³-hybridized carbons (Fsp3) is 0.355. The summed E-state index contributed by atoms with van der Waals surface area (Å²) in [5, 5.41) is 18.4. The van der Waals surface area contributed by atoms with Crippen molar-refractivity contribution in [1.82, 2.24) is 25.3 Å². The molecule has 1 aromatic heterocycles. The predicted octanol–water partition coefficient (Wildman–Crippen LogP) is 3.27. The molecule has 3 aromatic rings. The number of morpholine rings is 1. The molecular weight excluding hydrogens is 532 g/mol. The number of allylic oxidation sites excluding steroid dienone is 1. The molecule has 1 amide bonds. The van der Waals surface area contributed by atoms with Crippen LogP contribution in [0.3, 0.4) is 0 Å². The molecule has 1 unspecified atom stereocenters. The minimum absolute atomic E-state index is 0.0790. The molecule has 0 bridgehead atoms. The van der Waals surface area contributed by atoms with E-state index in [-0.39, 0.29) is 18.0 Å². The van der Waals surface area contributed by atoms with Crippen molar-refractivity contribution in [2.45, 2.75) is 32.0 Å². The van der Waals surface area contributed by atoms with Gasteiger partial charge in [-0.05, 0) is 31.9 Å². The Hall–Kier alpha value is -4.64. The van der Waals surface area contributed by atoms with Gasteiger partial charge in [-0.25, -0.2) is 4.99 Å². The van der Waals surface area contributed by atoms with Gasteiger partial charge in [0.05, 0.1) is 36.4 Å². The van der Waals surface area contributed by atoms with E-state index in [0.29, 0.717) is 30.5 Å². The molecule has 42 heavy (non-hydrogen) atoms. The maximum absolute atomic E-state index is 13.3. The van der Waals surface area contributed by atoms with Gasteiger partial charge in [-0.15, -0.1) is 5.10 Å². The number of aliphatic imine (C=N–C) groups is 1. The quantitative estimate of drug-likeness (QED) is 0.413. The van der Waals surface area contributed by atoms with Crippen LogP contribution in [-0.2, 0) is 9.53 Å². The van der Waals surface area contributed by atoms with Gasteiger partial charge in [0.25, 0.3) is 11.8 Å². The molecule has 0 radical (unpaired) electrons. The lowest BCUT2D eigenvalue weighted by atomic mass is 10.0. The molecule has 2 fully saturated rings. The summed E-state index contributed by atoms with van der Waals surface area (Å²) in [5.41, 5.74) is 6.20. The van der Waals surface area contributed by atoms with Gasteiger partial charge in [0.2, 0.25) is 6.17 Å². The van der Waals surface area contributed by atoms with Crippen LogP contribution < -0.4 is 16.0 Å². The number of hydrogen-bond donors (Lipinski definition) is 3. The fourth-order valence-corrected chi connectivity index (χ4v) is 5.95. The molecule has 4 aliphatic heterocycles. The van der Waals surface area contributed by atoms with Crippen molar-refractivity contribution in [3.63, 3.8) is 0 Å². The SMILES string of the molecule is CC1NC(c2nnc(N[C@H]3N=C(c4ccccc4)c4ccccc4NC3=O)o2)=C(N2CCOCC2)C=C1N1CCCC1. The number of nitrogens with one attached hydrogen (secondary N) is 3. The zero-order chi connectivity index (χ0) is 28.5. The molecule has 5 heterocycles. The highest BCUT2D eigenvalue weighted by Gasteiger charge is 2.32. The Labute approximate surface area is 244 Å². The number of aromatic nitrogens is 2. The highest BCUT2D eigenvalue weighted by atomic mass is 16.5. The second-order valence-electron chi connectivity index (χ2n) is 10.8. The normalized spacial score (nSPS) is 22.5. The van der Waals surface area contributed by atoms with Crippen molar-refractivity contribution in [3.8, 4) is 0 Å². The van der Waals surface area contributed by atoms with Crippen molar-refractivity contribution < 1.29 is 13.9 Å². The van der Waals surface area contributed by atoms with Gasteiger partial charge in [-0.3, -0.25) is 4.79 Å². The molecule has 2 saturated heterocycles. The number of amides is 1. The number of dihydropyridines is 1. The number of benzene rings is 2. The van der Waals surface area contributed by atoms with E-state index in [9.17, 15) is 4.79 Å². The molecule has 2 atom stereocenters. The number of para-hydroxylation sites is 1. The smallest absolute Gasteiger partial charge is 0.317 e. The molecule has 7 rings (SSSR count). The van der Waals surface area contributed by atoms with E-state index in [1.807, 2.05) is 54.6 Å². The third-order valence-corrected chi connectivity index (χ3v) is 8.06. The summed E-state index contributed by atoms with van der Waals surface area (Å²) in [6.07, 6.45) is 3.70. The molecular formula is C31H34N8O3. The van der Waals surface area contributed by atoms with Crippen molar-refractivity contribution in [3.05, 3.63) is 89.1 Å². The second kappa shape index (κ2) is 11.3. The lowest BCUT2D eigenvalue weighted by molar-refractivity contribution is -0.116. The molecule has 11 heteroatoms. The number of rotatable bonds is 6. The third-order valence-electron chi connectivity index (χ3n) is 8.06. The predicted molar refractivity (Wildman–Crippen MR) is 160 cm³/mol. The van der Waals surface area contributed by atoms with Crippen LogP contribution in [0.15, 0.2) is 81.5 Å². The van der Waals surface area contributed by atoms with Gasteiger partial charge in [-0.2, -0.15) is 0 Å². The summed E-state index contributed by atoms with van der Waals surface area (Å²) in [6, 6.07) is 17.7. The third kappa shape index (κ3) is 5.11. The Kier molecular flexibility index (Phi) is 7.08. The maximum Gasteiger partial charge on any atom is 0.317 e. The number of likely N-dealkylation sites (tertiary alicyclic amines) is 1. The summed E-state index contributed by atoms with van der Waals surface area (Å²) in [7, 11) is 0. The number of anilines is 2. The van der Waals surface area contributed by atoms with Gasteiger partial charge in [-0.1, -0.05) is 53.6 Å². The topological polar surface area (TPSA) is 120 Å². The Morgan fingerprint density at radius 2 is 1.69 bits per heavy atom. The molecule has 3 N–H and O–H groups in total. The molecule has 0 spiro atoms. The lowest BCUT2D eigenvalue weighted by Gasteiger charge is -2.37. The number of hydrogen-bond acceptors (Lipinski definition) is 10.